The van der Waals surface area contributed by atoms with Gasteiger partial charge >= 0.3 is 0 Å². The number of hydrogen-bond acceptors (Lipinski definition) is 2. The van der Waals surface area contributed by atoms with Crippen LogP contribution in [-0.2, 0) is 11.8 Å². The summed E-state index contributed by atoms with van der Waals surface area (Å²) in [6.07, 6.45) is 2.06. The molecule has 1 heterocycles. The molecule has 0 aliphatic rings. The summed E-state index contributed by atoms with van der Waals surface area (Å²) in [4.78, 5) is 4.64. The topological polar surface area (TPSA) is 38.9 Å². The maximum atomic E-state index is 5.64. The summed E-state index contributed by atoms with van der Waals surface area (Å²) in [5, 5.41) is 1.28. The van der Waals surface area contributed by atoms with Crippen LogP contribution in [0.3, 0.4) is 0 Å². The number of fused-ring (bicyclic) bond motifs is 1. The molecule has 2 heteroatoms. The van der Waals surface area contributed by atoms with Gasteiger partial charge in [0, 0.05) is 11.1 Å². The summed E-state index contributed by atoms with van der Waals surface area (Å²) in [5.74, 6) is 0. The van der Waals surface area contributed by atoms with Crippen molar-refractivity contribution in [2.75, 3.05) is 6.54 Å². The van der Waals surface area contributed by atoms with Crippen LogP contribution in [-0.4, -0.2) is 11.5 Å². The first-order valence-corrected chi connectivity index (χ1v) is 7.02. The highest BCUT2D eigenvalue weighted by atomic mass is 14.7. The summed E-state index contributed by atoms with van der Waals surface area (Å²) in [5.41, 5.74) is 10.7. The fourth-order valence-electron chi connectivity index (χ4n) is 2.41. The zero-order valence-electron chi connectivity index (χ0n) is 12.5. The highest BCUT2D eigenvalue weighted by Crippen LogP contribution is 2.28. The quantitative estimate of drug-likeness (QED) is 0.908. The molecule has 0 unspecified atom stereocenters. The number of rotatable bonds is 3. The van der Waals surface area contributed by atoms with Gasteiger partial charge in [-0.1, -0.05) is 26.8 Å². The molecule has 0 amide bonds. The summed E-state index contributed by atoms with van der Waals surface area (Å²) in [6.45, 7) is 9.53. The molecular formula is C17H24N2. The van der Waals surface area contributed by atoms with E-state index in [0.717, 1.165) is 30.6 Å². The fourth-order valence-corrected chi connectivity index (χ4v) is 2.41. The molecular weight excluding hydrogens is 232 g/mol. The van der Waals surface area contributed by atoms with Crippen LogP contribution < -0.4 is 5.73 Å². The van der Waals surface area contributed by atoms with Crippen LogP contribution >= 0.6 is 0 Å². The summed E-state index contributed by atoms with van der Waals surface area (Å²) in [7, 11) is 0. The predicted molar refractivity (Wildman–Crippen MR) is 82.6 cm³/mol. The molecule has 19 heavy (non-hydrogen) atoms. The largest absolute Gasteiger partial charge is 0.330 e. The maximum Gasteiger partial charge on any atom is 0.0708 e. The lowest BCUT2D eigenvalue weighted by atomic mass is 9.85. The van der Waals surface area contributed by atoms with Gasteiger partial charge < -0.3 is 5.73 Å². The van der Waals surface area contributed by atoms with Crippen LogP contribution in [0.2, 0.25) is 0 Å². The first-order valence-electron chi connectivity index (χ1n) is 7.02. The second kappa shape index (κ2) is 5.30. The molecule has 0 saturated carbocycles. The Hall–Kier alpha value is -1.41. The number of nitrogens with zero attached hydrogens (tertiary/aromatic N) is 1. The van der Waals surface area contributed by atoms with E-state index in [9.17, 15) is 0 Å². The first kappa shape index (κ1) is 14.0. The Labute approximate surface area is 116 Å². The molecule has 2 aromatic rings. The molecule has 2 N–H and O–H groups in total. The molecule has 0 spiro atoms. The smallest absolute Gasteiger partial charge is 0.0708 e. The van der Waals surface area contributed by atoms with Gasteiger partial charge in [-0.2, -0.15) is 0 Å². The zero-order valence-corrected chi connectivity index (χ0v) is 12.5. The van der Waals surface area contributed by atoms with E-state index in [2.05, 4.69) is 56.9 Å². The Morgan fingerprint density at radius 1 is 1.16 bits per heavy atom. The minimum atomic E-state index is 0.171. The van der Waals surface area contributed by atoms with Crippen molar-refractivity contribution in [3.8, 4) is 0 Å². The molecule has 0 aliphatic heterocycles. The maximum absolute atomic E-state index is 5.64. The number of hydrogen-bond donors (Lipinski definition) is 1. The second-order valence-electron chi connectivity index (χ2n) is 6.30. The van der Waals surface area contributed by atoms with Gasteiger partial charge in [0.05, 0.1) is 5.52 Å². The molecule has 0 bridgehead atoms. The molecule has 2 nitrogen and oxygen atoms in total. The van der Waals surface area contributed by atoms with Gasteiger partial charge in [0.25, 0.3) is 0 Å². The van der Waals surface area contributed by atoms with E-state index in [1.807, 2.05) is 0 Å². The lowest BCUT2D eigenvalue weighted by molar-refractivity contribution is 0.591. The molecule has 0 fully saturated rings. The lowest BCUT2D eigenvalue weighted by Gasteiger charge is -2.20. The van der Waals surface area contributed by atoms with E-state index in [0.29, 0.717) is 0 Å². The van der Waals surface area contributed by atoms with Crippen molar-refractivity contribution in [1.29, 1.82) is 0 Å². The highest BCUT2D eigenvalue weighted by molar-refractivity contribution is 5.83. The Kier molecular flexibility index (Phi) is 3.91. The molecule has 102 valence electrons. The third kappa shape index (κ3) is 3.13. The number of nitrogens with two attached hydrogens (primary N) is 1. The van der Waals surface area contributed by atoms with E-state index in [1.54, 1.807) is 0 Å². The van der Waals surface area contributed by atoms with Crippen LogP contribution in [0.5, 0.6) is 0 Å². The van der Waals surface area contributed by atoms with E-state index in [1.165, 1.54) is 16.5 Å². The van der Waals surface area contributed by atoms with Crippen LogP contribution in [0.25, 0.3) is 10.9 Å². The molecule has 2 rings (SSSR count). The summed E-state index contributed by atoms with van der Waals surface area (Å²) in [6, 6.07) is 8.84. The molecule has 0 saturated heterocycles. The van der Waals surface area contributed by atoms with Crippen molar-refractivity contribution in [3.63, 3.8) is 0 Å². The number of benzene rings is 1. The van der Waals surface area contributed by atoms with Crippen LogP contribution in [0, 0.1) is 6.92 Å². The van der Waals surface area contributed by atoms with Gasteiger partial charge in [0.2, 0.25) is 0 Å². The van der Waals surface area contributed by atoms with Crippen molar-refractivity contribution in [2.45, 2.75) is 46.0 Å². The van der Waals surface area contributed by atoms with Crippen molar-refractivity contribution in [3.05, 3.63) is 41.1 Å². The average molecular weight is 256 g/mol. The Balaban J connectivity index is 2.58. The Morgan fingerprint density at radius 2 is 1.89 bits per heavy atom. The van der Waals surface area contributed by atoms with E-state index in [4.69, 9.17) is 5.73 Å². The highest BCUT2D eigenvalue weighted by Gasteiger charge is 2.15. The molecule has 1 aromatic heterocycles. The summed E-state index contributed by atoms with van der Waals surface area (Å²) < 4.78 is 0. The first-order chi connectivity index (χ1) is 8.91. The lowest BCUT2D eigenvalue weighted by Crippen LogP contribution is -2.11. The SMILES string of the molecule is Cc1cc(CCCN)c2cc(C(C)(C)C)ccc2n1. The van der Waals surface area contributed by atoms with Gasteiger partial charge in [-0.05, 0) is 61.1 Å². The second-order valence-corrected chi connectivity index (χ2v) is 6.30. The van der Waals surface area contributed by atoms with Gasteiger partial charge in [0.1, 0.15) is 0 Å². The average Bonchev–Trinajstić information content (AvgIpc) is 2.34. The summed E-state index contributed by atoms with van der Waals surface area (Å²) >= 11 is 0. The zero-order chi connectivity index (χ0) is 14.0. The van der Waals surface area contributed by atoms with Crippen molar-refractivity contribution < 1.29 is 0 Å². The van der Waals surface area contributed by atoms with Crippen molar-refractivity contribution in [1.82, 2.24) is 4.98 Å². The molecule has 0 atom stereocenters. The van der Waals surface area contributed by atoms with Gasteiger partial charge in [0.15, 0.2) is 0 Å². The van der Waals surface area contributed by atoms with Crippen LogP contribution in [0.15, 0.2) is 24.3 Å². The molecule has 0 radical (unpaired) electrons. The Bertz CT molecular complexity index is 580. The number of pyridine rings is 1. The number of aryl methyl sites for hydroxylation is 2. The minimum Gasteiger partial charge on any atom is -0.330 e. The van der Waals surface area contributed by atoms with Gasteiger partial charge in [-0.15, -0.1) is 0 Å². The predicted octanol–water partition coefficient (Wildman–Crippen LogP) is 3.73. The standard InChI is InChI=1S/C17H24N2/c1-12-10-13(6-5-9-18)15-11-14(17(2,3)4)7-8-16(15)19-12/h7-8,10-11H,5-6,9,18H2,1-4H3. The molecule has 0 aliphatic carbocycles. The monoisotopic (exact) mass is 256 g/mol. The fraction of sp³-hybridized carbons (Fsp3) is 0.471. The van der Waals surface area contributed by atoms with E-state index < -0.39 is 0 Å². The normalized spacial score (nSPS) is 12.1. The van der Waals surface area contributed by atoms with Crippen LogP contribution in [0.1, 0.15) is 44.0 Å². The van der Waals surface area contributed by atoms with E-state index in [-0.39, 0.29) is 5.41 Å². The van der Waals surface area contributed by atoms with Gasteiger partial charge in [-0.25, -0.2) is 0 Å². The van der Waals surface area contributed by atoms with Crippen molar-refractivity contribution in [2.24, 2.45) is 5.73 Å². The van der Waals surface area contributed by atoms with E-state index >= 15 is 0 Å². The third-order valence-corrected chi connectivity index (χ3v) is 3.54. The third-order valence-electron chi connectivity index (χ3n) is 3.54. The van der Waals surface area contributed by atoms with Gasteiger partial charge in [-0.3, -0.25) is 4.98 Å². The van der Waals surface area contributed by atoms with Crippen LogP contribution in [0.4, 0.5) is 0 Å². The van der Waals surface area contributed by atoms with Crippen molar-refractivity contribution >= 4 is 10.9 Å². The number of aromatic nitrogens is 1. The minimum absolute atomic E-state index is 0.171. The Morgan fingerprint density at radius 3 is 2.53 bits per heavy atom. The molecule has 1 aromatic carbocycles.